The molecule has 0 saturated heterocycles. The minimum atomic E-state index is 0.0975. The van der Waals surface area contributed by atoms with E-state index in [1.54, 1.807) is 0 Å². The summed E-state index contributed by atoms with van der Waals surface area (Å²) in [5.41, 5.74) is 12.5. The highest BCUT2D eigenvalue weighted by Crippen LogP contribution is 2.12. The van der Waals surface area contributed by atoms with Crippen molar-refractivity contribution >= 4 is 0 Å². The second-order valence-electron chi connectivity index (χ2n) is 3.17. The van der Waals surface area contributed by atoms with Crippen molar-refractivity contribution in [2.45, 2.75) is 32.4 Å². The molecule has 0 amide bonds. The first-order valence-electron chi connectivity index (χ1n) is 4.75. The Kier molecular flexibility index (Phi) is 3.92. The number of aromatic nitrogens is 2. The van der Waals surface area contributed by atoms with Crippen molar-refractivity contribution in [2.24, 2.45) is 11.5 Å². The first kappa shape index (κ1) is 10.2. The standard InChI is InChI=1S/C9H18N4/c1-2-8(11)9-6-12-7-13(9)5-3-4-10/h6-8H,2-5,10-11H2,1H3/t8-/m1/s1. The molecule has 4 heteroatoms. The van der Waals surface area contributed by atoms with Crippen LogP contribution in [0, 0.1) is 0 Å². The van der Waals surface area contributed by atoms with Crippen LogP contribution in [0.5, 0.6) is 0 Å². The third-order valence-electron chi connectivity index (χ3n) is 2.17. The quantitative estimate of drug-likeness (QED) is 0.702. The lowest BCUT2D eigenvalue weighted by atomic mass is 10.2. The monoisotopic (exact) mass is 182 g/mol. The largest absolute Gasteiger partial charge is 0.333 e. The molecule has 0 aromatic carbocycles. The molecule has 1 heterocycles. The van der Waals surface area contributed by atoms with Crippen LogP contribution in [0.1, 0.15) is 31.5 Å². The van der Waals surface area contributed by atoms with Gasteiger partial charge in [0, 0.05) is 18.8 Å². The van der Waals surface area contributed by atoms with E-state index in [1.807, 2.05) is 12.5 Å². The van der Waals surface area contributed by atoms with Crippen LogP contribution in [0.15, 0.2) is 12.5 Å². The number of nitrogens with two attached hydrogens (primary N) is 2. The molecule has 1 atom stereocenters. The predicted molar refractivity (Wildman–Crippen MR) is 53.1 cm³/mol. The summed E-state index contributed by atoms with van der Waals surface area (Å²) in [6.07, 6.45) is 5.57. The van der Waals surface area contributed by atoms with Gasteiger partial charge in [-0.05, 0) is 19.4 Å². The molecule has 4 nitrogen and oxygen atoms in total. The molecular formula is C9H18N4. The van der Waals surface area contributed by atoms with Crippen molar-refractivity contribution in [3.8, 4) is 0 Å². The fourth-order valence-corrected chi connectivity index (χ4v) is 1.30. The van der Waals surface area contributed by atoms with Gasteiger partial charge in [-0.15, -0.1) is 0 Å². The van der Waals surface area contributed by atoms with E-state index < -0.39 is 0 Å². The van der Waals surface area contributed by atoms with Crippen molar-refractivity contribution in [1.82, 2.24) is 9.55 Å². The van der Waals surface area contributed by atoms with Crippen LogP contribution < -0.4 is 11.5 Å². The van der Waals surface area contributed by atoms with Gasteiger partial charge in [0.2, 0.25) is 0 Å². The zero-order valence-corrected chi connectivity index (χ0v) is 8.11. The highest BCUT2D eigenvalue weighted by molar-refractivity contribution is 5.03. The molecule has 0 fully saturated rings. The average molecular weight is 182 g/mol. The third kappa shape index (κ3) is 2.54. The van der Waals surface area contributed by atoms with Crippen molar-refractivity contribution in [3.05, 3.63) is 18.2 Å². The Morgan fingerprint density at radius 2 is 2.38 bits per heavy atom. The maximum absolute atomic E-state index is 5.92. The molecule has 1 aromatic heterocycles. The van der Waals surface area contributed by atoms with E-state index in [0.29, 0.717) is 6.54 Å². The van der Waals surface area contributed by atoms with Gasteiger partial charge < -0.3 is 16.0 Å². The molecular weight excluding hydrogens is 164 g/mol. The highest BCUT2D eigenvalue weighted by atomic mass is 15.1. The molecule has 0 bridgehead atoms. The summed E-state index contributed by atoms with van der Waals surface area (Å²) in [4.78, 5) is 4.09. The Morgan fingerprint density at radius 1 is 1.62 bits per heavy atom. The Labute approximate surface area is 78.9 Å². The average Bonchev–Trinajstić information content (AvgIpc) is 2.61. The number of imidazole rings is 1. The van der Waals surface area contributed by atoms with Gasteiger partial charge in [0.1, 0.15) is 0 Å². The zero-order valence-electron chi connectivity index (χ0n) is 8.11. The first-order valence-corrected chi connectivity index (χ1v) is 4.75. The lowest BCUT2D eigenvalue weighted by molar-refractivity contribution is 0.572. The van der Waals surface area contributed by atoms with Gasteiger partial charge in [-0.3, -0.25) is 0 Å². The lowest BCUT2D eigenvalue weighted by Crippen LogP contribution is -2.15. The van der Waals surface area contributed by atoms with E-state index in [-0.39, 0.29) is 6.04 Å². The van der Waals surface area contributed by atoms with Crippen LogP contribution in [0.2, 0.25) is 0 Å². The molecule has 74 valence electrons. The fraction of sp³-hybridized carbons (Fsp3) is 0.667. The zero-order chi connectivity index (χ0) is 9.68. The van der Waals surface area contributed by atoms with Crippen LogP contribution in [0.25, 0.3) is 0 Å². The Hall–Kier alpha value is -0.870. The second-order valence-corrected chi connectivity index (χ2v) is 3.17. The number of aryl methyl sites for hydroxylation is 1. The minimum Gasteiger partial charge on any atom is -0.333 e. The topological polar surface area (TPSA) is 69.9 Å². The number of nitrogens with zero attached hydrogens (tertiary/aromatic N) is 2. The molecule has 1 aromatic rings. The van der Waals surface area contributed by atoms with Crippen LogP contribution in [0.3, 0.4) is 0 Å². The van der Waals surface area contributed by atoms with Gasteiger partial charge in [0.15, 0.2) is 0 Å². The van der Waals surface area contributed by atoms with Gasteiger partial charge in [0.25, 0.3) is 0 Å². The highest BCUT2D eigenvalue weighted by Gasteiger charge is 2.08. The Balaban J connectivity index is 2.65. The molecule has 0 radical (unpaired) electrons. The lowest BCUT2D eigenvalue weighted by Gasteiger charge is -2.12. The smallest absolute Gasteiger partial charge is 0.0948 e. The summed E-state index contributed by atoms with van der Waals surface area (Å²) in [5.74, 6) is 0. The van der Waals surface area contributed by atoms with Gasteiger partial charge in [-0.25, -0.2) is 4.98 Å². The predicted octanol–water partition coefficient (Wildman–Crippen LogP) is 0.642. The second kappa shape index (κ2) is 4.99. The summed E-state index contributed by atoms with van der Waals surface area (Å²) >= 11 is 0. The number of hydrogen-bond donors (Lipinski definition) is 2. The maximum Gasteiger partial charge on any atom is 0.0948 e. The first-order chi connectivity index (χ1) is 6.29. The maximum atomic E-state index is 5.92. The Morgan fingerprint density at radius 3 is 3.00 bits per heavy atom. The molecule has 0 spiro atoms. The summed E-state index contributed by atoms with van der Waals surface area (Å²) in [6, 6.07) is 0.0975. The summed E-state index contributed by atoms with van der Waals surface area (Å²) in [6.45, 7) is 3.70. The van der Waals surface area contributed by atoms with Crippen molar-refractivity contribution in [1.29, 1.82) is 0 Å². The van der Waals surface area contributed by atoms with Gasteiger partial charge in [-0.1, -0.05) is 6.92 Å². The number of rotatable bonds is 5. The molecule has 4 N–H and O–H groups in total. The Bertz CT molecular complexity index is 244. The number of hydrogen-bond acceptors (Lipinski definition) is 3. The van der Waals surface area contributed by atoms with Crippen molar-refractivity contribution < 1.29 is 0 Å². The molecule has 0 aliphatic rings. The van der Waals surface area contributed by atoms with Gasteiger partial charge in [0.05, 0.1) is 12.0 Å². The van der Waals surface area contributed by atoms with Crippen molar-refractivity contribution in [2.75, 3.05) is 6.54 Å². The van der Waals surface area contributed by atoms with Gasteiger partial charge >= 0.3 is 0 Å². The van der Waals surface area contributed by atoms with E-state index >= 15 is 0 Å². The molecule has 0 saturated carbocycles. The molecule has 1 rings (SSSR count). The summed E-state index contributed by atoms with van der Waals surface area (Å²) < 4.78 is 2.08. The molecule has 0 unspecified atom stereocenters. The minimum absolute atomic E-state index is 0.0975. The molecule has 13 heavy (non-hydrogen) atoms. The summed E-state index contributed by atoms with van der Waals surface area (Å²) in [7, 11) is 0. The van der Waals surface area contributed by atoms with E-state index in [4.69, 9.17) is 11.5 Å². The molecule has 0 aliphatic heterocycles. The third-order valence-corrected chi connectivity index (χ3v) is 2.17. The summed E-state index contributed by atoms with van der Waals surface area (Å²) in [5, 5.41) is 0. The van der Waals surface area contributed by atoms with Gasteiger partial charge in [-0.2, -0.15) is 0 Å². The van der Waals surface area contributed by atoms with Crippen LogP contribution in [-0.2, 0) is 6.54 Å². The van der Waals surface area contributed by atoms with Crippen LogP contribution >= 0.6 is 0 Å². The van der Waals surface area contributed by atoms with E-state index in [0.717, 1.165) is 25.1 Å². The van der Waals surface area contributed by atoms with Crippen molar-refractivity contribution in [3.63, 3.8) is 0 Å². The van der Waals surface area contributed by atoms with E-state index in [1.165, 1.54) is 0 Å². The van der Waals surface area contributed by atoms with Crippen LogP contribution in [-0.4, -0.2) is 16.1 Å². The molecule has 0 aliphatic carbocycles. The van der Waals surface area contributed by atoms with E-state index in [2.05, 4.69) is 16.5 Å². The van der Waals surface area contributed by atoms with Crippen LogP contribution in [0.4, 0.5) is 0 Å². The normalized spacial score (nSPS) is 13.2. The van der Waals surface area contributed by atoms with E-state index in [9.17, 15) is 0 Å². The fourth-order valence-electron chi connectivity index (χ4n) is 1.30. The SMILES string of the molecule is CC[C@@H](N)c1cncn1CCCN.